The van der Waals surface area contributed by atoms with Crippen LogP contribution in [-0.2, 0) is 0 Å². The van der Waals surface area contributed by atoms with E-state index in [-0.39, 0.29) is 0 Å². The zero-order valence-electron chi connectivity index (χ0n) is 11.7. The number of benzene rings is 2. The molecule has 0 saturated heterocycles. The Balaban J connectivity index is 2.17. The lowest BCUT2D eigenvalue weighted by Crippen LogP contribution is -2.01. The first-order chi connectivity index (χ1) is 9.27. The van der Waals surface area contributed by atoms with Crippen LogP contribution in [0.25, 0.3) is 0 Å². The van der Waals surface area contributed by atoms with E-state index in [1.807, 2.05) is 0 Å². The van der Waals surface area contributed by atoms with Gasteiger partial charge in [0.15, 0.2) is 0 Å². The molecule has 0 bridgehead atoms. The highest BCUT2D eigenvalue weighted by Gasteiger charge is 2.13. The van der Waals surface area contributed by atoms with Gasteiger partial charge in [-0.05, 0) is 37.3 Å². The second kappa shape index (κ2) is 6.94. The first kappa shape index (κ1) is 13.6. The van der Waals surface area contributed by atoms with Crippen LogP contribution < -0.4 is 0 Å². The fourth-order valence-corrected chi connectivity index (χ4v) is 2.50. The minimum atomic E-state index is 0.502. The van der Waals surface area contributed by atoms with Crippen molar-refractivity contribution >= 4 is 0 Å². The summed E-state index contributed by atoms with van der Waals surface area (Å²) in [5.74, 6) is 0.502. The summed E-state index contributed by atoms with van der Waals surface area (Å²) in [7, 11) is 0. The molecule has 0 N–H and O–H groups in total. The summed E-state index contributed by atoms with van der Waals surface area (Å²) in [6, 6.07) is 21.6. The zero-order valence-corrected chi connectivity index (χ0v) is 11.7. The minimum absolute atomic E-state index is 0.502. The standard InChI is InChI=1S/C19H22/c1-16(2)10-9-15-19(17-11-5-3-6-12-17)18-13-7-4-8-14-18/h3-8,11-14,19H,1,9-10,15H2,2H3. The van der Waals surface area contributed by atoms with Crippen molar-refractivity contribution in [1.82, 2.24) is 0 Å². The average Bonchev–Trinajstić information content (AvgIpc) is 2.45. The van der Waals surface area contributed by atoms with Crippen LogP contribution >= 0.6 is 0 Å². The van der Waals surface area contributed by atoms with Crippen molar-refractivity contribution in [2.24, 2.45) is 0 Å². The van der Waals surface area contributed by atoms with E-state index in [2.05, 4.69) is 74.2 Å². The zero-order chi connectivity index (χ0) is 13.5. The lowest BCUT2D eigenvalue weighted by Gasteiger charge is -2.18. The summed E-state index contributed by atoms with van der Waals surface area (Å²) < 4.78 is 0. The molecule has 0 heteroatoms. The summed E-state index contributed by atoms with van der Waals surface area (Å²) in [5.41, 5.74) is 4.10. The van der Waals surface area contributed by atoms with Crippen LogP contribution in [0.4, 0.5) is 0 Å². The maximum Gasteiger partial charge on any atom is 0.00894 e. The summed E-state index contributed by atoms with van der Waals surface area (Å²) in [5, 5.41) is 0. The minimum Gasteiger partial charge on any atom is -0.100 e. The smallest absolute Gasteiger partial charge is 0.00894 e. The van der Waals surface area contributed by atoms with Gasteiger partial charge in [-0.1, -0.05) is 66.2 Å². The van der Waals surface area contributed by atoms with E-state index >= 15 is 0 Å². The molecule has 0 fully saturated rings. The van der Waals surface area contributed by atoms with Crippen LogP contribution in [0, 0.1) is 0 Å². The van der Waals surface area contributed by atoms with Crippen molar-refractivity contribution in [3.05, 3.63) is 83.9 Å². The van der Waals surface area contributed by atoms with Gasteiger partial charge in [0.2, 0.25) is 0 Å². The molecule has 0 nitrogen and oxygen atoms in total. The van der Waals surface area contributed by atoms with E-state index in [0.717, 1.165) is 6.42 Å². The number of hydrogen-bond acceptors (Lipinski definition) is 0. The first-order valence-electron chi connectivity index (χ1n) is 7.01. The van der Waals surface area contributed by atoms with Gasteiger partial charge in [0, 0.05) is 5.92 Å². The maximum atomic E-state index is 4.00. The Bertz CT molecular complexity index is 457. The lowest BCUT2D eigenvalue weighted by molar-refractivity contribution is 0.659. The predicted molar refractivity (Wildman–Crippen MR) is 83.4 cm³/mol. The molecular weight excluding hydrogens is 228 g/mol. The van der Waals surface area contributed by atoms with Gasteiger partial charge >= 0.3 is 0 Å². The van der Waals surface area contributed by atoms with Gasteiger partial charge in [-0.15, -0.1) is 6.58 Å². The molecule has 0 atom stereocenters. The fourth-order valence-electron chi connectivity index (χ4n) is 2.50. The van der Waals surface area contributed by atoms with Gasteiger partial charge in [-0.2, -0.15) is 0 Å². The van der Waals surface area contributed by atoms with Crippen molar-refractivity contribution in [2.75, 3.05) is 0 Å². The summed E-state index contributed by atoms with van der Waals surface area (Å²) in [6.07, 6.45) is 3.50. The Kier molecular flexibility index (Phi) is 4.97. The molecule has 2 rings (SSSR count). The van der Waals surface area contributed by atoms with Gasteiger partial charge in [0.1, 0.15) is 0 Å². The second-order valence-corrected chi connectivity index (χ2v) is 5.22. The van der Waals surface area contributed by atoms with Crippen molar-refractivity contribution in [1.29, 1.82) is 0 Å². The van der Waals surface area contributed by atoms with Gasteiger partial charge < -0.3 is 0 Å². The average molecular weight is 250 g/mol. The maximum absolute atomic E-state index is 4.00. The molecule has 0 aliphatic heterocycles. The Hall–Kier alpha value is -1.82. The molecule has 2 aromatic rings. The van der Waals surface area contributed by atoms with Crippen molar-refractivity contribution < 1.29 is 0 Å². The van der Waals surface area contributed by atoms with Gasteiger partial charge in [0.25, 0.3) is 0 Å². The normalized spacial score (nSPS) is 10.6. The van der Waals surface area contributed by atoms with E-state index in [4.69, 9.17) is 0 Å². The van der Waals surface area contributed by atoms with E-state index in [1.54, 1.807) is 0 Å². The number of allylic oxidation sites excluding steroid dienone is 1. The topological polar surface area (TPSA) is 0 Å². The van der Waals surface area contributed by atoms with Crippen molar-refractivity contribution in [2.45, 2.75) is 32.1 Å². The van der Waals surface area contributed by atoms with E-state index in [0.29, 0.717) is 5.92 Å². The van der Waals surface area contributed by atoms with Crippen molar-refractivity contribution in [3.8, 4) is 0 Å². The Morgan fingerprint density at radius 1 is 0.895 bits per heavy atom. The lowest BCUT2D eigenvalue weighted by atomic mass is 9.87. The second-order valence-electron chi connectivity index (χ2n) is 5.22. The van der Waals surface area contributed by atoms with Crippen LogP contribution in [0.15, 0.2) is 72.8 Å². The van der Waals surface area contributed by atoms with Crippen LogP contribution in [-0.4, -0.2) is 0 Å². The summed E-state index contributed by atoms with van der Waals surface area (Å²) in [4.78, 5) is 0. The molecule has 98 valence electrons. The third kappa shape index (κ3) is 4.10. The van der Waals surface area contributed by atoms with E-state index in [9.17, 15) is 0 Å². The highest BCUT2D eigenvalue weighted by Crippen LogP contribution is 2.29. The number of rotatable bonds is 6. The van der Waals surface area contributed by atoms with Gasteiger partial charge in [0.05, 0.1) is 0 Å². The molecule has 19 heavy (non-hydrogen) atoms. The molecule has 0 spiro atoms. The predicted octanol–water partition coefficient (Wildman–Crippen LogP) is 5.56. The Morgan fingerprint density at radius 3 is 1.79 bits per heavy atom. The molecule has 0 radical (unpaired) electrons. The number of hydrogen-bond donors (Lipinski definition) is 0. The Morgan fingerprint density at radius 2 is 1.37 bits per heavy atom. The highest BCUT2D eigenvalue weighted by atomic mass is 14.2. The quantitative estimate of drug-likeness (QED) is 0.588. The molecule has 0 unspecified atom stereocenters. The third-order valence-electron chi connectivity index (χ3n) is 3.50. The van der Waals surface area contributed by atoms with Crippen molar-refractivity contribution in [3.63, 3.8) is 0 Å². The van der Waals surface area contributed by atoms with Crippen LogP contribution in [0.2, 0.25) is 0 Å². The molecule has 0 aliphatic rings. The fraction of sp³-hybridized carbons (Fsp3) is 0.263. The molecule has 0 aliphatic carbocycles. The molecule has 0 amide bonds. The largest absolute Gasteiger partial charge is 0.100 e. The van der Waals surface area contributed by atoms with Gasteiger partial charge in [-0.25, -0.2) is 0 Å². The summed E-state index contributed by atoms with van der Waals surface area (Å²) in [6.45, 7) is 6.11. The molecule has 2 aromatic carbocycles. The molecule has 0 saturated carbocycles. The molecule has 0 heterocycles. The van der Waals surface area contributed by atoms with Crippen LogP contribution in [0.1, 0.15) is 43.2 Å². The first-order valence-corrected chi connectivity index (χ1v) is 7.01. The SMILES string of the molecule is C=C(C)CCCC(c1ccccc1)c1ccccc1. The van der Waals surface area contributed by atoms with Crippen LogP contribution in [0.3, 0.4) is 0 Å². The highest BCUT2D eigenvalue weighted by molar-refractivity contribution is 5.32. The Labute approximate surface area is 116 Å². The molecule has 0 aromatic heterocycles. The van der Waals surface area contributed by atoms with Gasteiger partial charge in [-0.3, -0.25) is 0 Å². The van der Waals surface area contributed by atoms with E-state index < -0.39 is 0 Å². The van der Waals surface area contributed by atoms with Crippen LogP contribution in [0.5, 0.6) is 0 Å². The summed E-state index contributed by atoms with van der Waals surface area (Å²) >= 11 is 0. The third-order valence-corrected chi connectivity index (χ3v) is 3.50. The van der Waals surface area contributed by atoms with E-state index in [1.165, 1.54) is 29.5 Å². The monoisotopic (exact) mass is 250 g/mol. The molecular formula is C19H22.